The predicted octanol–water partition coefficient (Wildman–Crippen LogP) is 3.75. The molecule has 1 atom stereocenters. The number of amides is 1. The van der Waals surface area contributed by atoms with E-state index < -0.39 is 0 Å². The van der Waals surface area contributed by atoms with E-state index in [0.717, 1.165) is 22.8 Å². The molecule has 3 N–H and O–H groups in total. The molecule has 1 aromatic rings. The Balaban J connectivity index is 2.78. The Bertz CT molecular complexity index is 440. The molecular formula is C16H26N2OS. The summed E-state index contributed by atoms with van der Waals surface area (Å²) in [6.07, 6.45) is 0.790. The number of carbonyl (C=O) groups is 1. The van der Waals surface area contributed by atoms with Crippen LogP contribution in [-0.4, -0.2) is 18.2 Å². The summed E-state index contributed by atoms with van der Waals surface area (Å²) in [5.74, 6) is 0.858. The van der Waals surface area contributed by atoms with E-state index in [1.807, 2.05) is 24.3 Å². The molecule has 1 aromatic carbocycles. The third kappa shape index (κ3) is 5.55. The van der Waals surface area contributed by atoms with Crippen LogP contribution in [0.1, 0.15) is 34.1 Å². The Morgan fingerprint density at radius 1 is 1.35 bits per heavy atom. The van der Waals surface area contributed by atoms with Crippen molar-refractivity contribution in [3.8, 4) is 0 Å². The Hall–Kier alpha value is -1.00. The number of para-hydroxylation sites is 1. The van der Waals surface area contributed by atoms with Crippen molar-refractivity contribution in [3.63, 3.8) is 0 Å². The second-order valence-corrected chi connectivity index (χ2v) is 7.42. The van der Waals surface area contributed by atoms with E-state index >= 15 is 0 Å². The van der Waals surface area contributed by atoms with E-state index in [-0.39, 0.29) is 17.2 Å². The summed E-state index contributed by atoms with van der Waals surface area (Å²) >= 11 is 1.73. The van der Waals surface area contributed by atoms with Gasteiger partial charge >= 0.3 is 0 Å². The SMILES string of the molecule is CCSc1ccccc1NC(=O)C(CN)CC(C)(C)C. The van der Waals surface area contributed by atoms with Crippen LogP contribution in [-0.2, 0) is 4.79 Å². The van der Waals surface area contributed by atoms with Gasteiger partial charge in [0.05, 0.1) is 11.6 Å². The monoisotopic (exact) mass is 294 g/mol. The Kier molecular flexibility index (Phi) is 6.56. The molecule has 3 nitrogen and oxygen atoms in total. The number of anilines is 1. The molecule has 0 aliphatic carbocycles. The Morgan fingerprint density at radius 3 is 2.55 bits per heavy atom. The van der Waals surface area contributed by atoms with Crippen LogP contribution in [0.15, 0.2) is 29.2 Å². The molecule has 4 heteroatoms. The summed E-state index contributed by atoms with van der Waals surface area (Å²) in [6, 6.07) is 7.91. The van der Waals surface area contributed by atoms with Crippen LogP contribution in [0.3, 0.4) is 0 Å². The van der Waals surface area contributed by atoms with Crippen LogP contribution < -0.4 is 11.1 Å². The first-order valence-corrected chi connectivity index (χ1v) is 8.08. The first-order chi connectivity index (χ1) is 9.37. The van der Waals surface area contributed by atoms with Crippen molar-refractivity contribution in [1.82, 2.24) is 0 Å². The molecule has 0 aromatic heterocycles. The summed E-state index contributed by atoms with van der Waals surface area (Å²) in [5.41, 5.74) is 6.75. The zero-order valence-corrected chi connectivity index (χ0v) is 13.7. The molecular weight excluding hydrogens is 268 g/mol. The Labute approximate surface area is 126 Å². The van der Waals surface area contributed by atoms with Gasteiger partial charge in [-0.2, -0.15) is 0 Å². The van der Waals surface area contributed by atoms with Gasteiger partial charge in [-0.1, -0.05) is 39.8 Å². The van der Waals surface area contributed by atoms with Crippen LogP contribution in [0.25, 0.3) is 0 Å². The fourth-order valence-electron chi connectivity index (χ4n) is 2.11. The van der Waals surface area contributed by atoms with Crippen molar-refractivity contribution in [3.05, 3.63) is 24.3 Å². The fourth-order valence-corrected chi connectivity index (χ4v) is 2.87. The van der Waals surface area contributed by atoms with Gasteiger partial charge in [-0.15, -0.1) is 11.8 Å². The molecule has 1 unspecified atom stereocenters. The van der Waals surface area contributed by atoms with Crippen LogP contribution >= 0.6 is 11.8 Å². The highest BCUT2D eigenvalue weighted by Gasteiger charge is 2.24. The molecule has 0 fully saturated rings. The molecule has 0 spiro atoms. The molecule has 0 saturated heterocycles. The molecule has 1 rings (SSSR count). The minimum absolute atomic E-state index is 0.0200. The van der Waals surface area contributed by atoms with Gasteiger partial charge in [0.15, 0.2) is 0 Å². The van der Waals surface area contributed by atoms with Crippen molar-refractivity contribution in [1.29, 1.82) is 0 Å². The van der Waals surface area contributed by atoms with Crippen molar-refractivity contribution >= 4 is 23.4 Å². The maximum atomic E-state index is 12.4. The standard InChI is InChI=1S/C16H26N2OS/c1-5-20-14-9-7-6-8-13(14)18-15(19)12(11-17)10-16(2,3)4/h6-9,12H,5,10-11,17H2,1-4H3,(H,18,19). The summed E-state index contributed by atoms with van der Waals surface area (Å²) in [6.45, 7) is 8.87. The quantitative estimate of drug-likeness (QED) is 0.786. The second kappa shape index (κ2) is 7.70. The van der Waals surface area contributed by atoms with Gasteiger partial charge in [-0.05, 0) is 29.7 Å². The van der Waals surface area contributed by atoms with Gasteiger partial charge in [0.25, 0.3) is 0 Å². The number of hydrogen-bond donors (Lipinski definition) is 2. The molecule has 112 valence electrons. The lowest BCUT2D eigenvalue weighted by molar-refractivity contribution is -0.120. The lowest BCUT2D eigenvalue weighted by atomic mass is 9.84. The fraction of sp³-hybridized carbons (Fsp3) is 0.562. The average molecular weight is 294 g/mol. The average Bonchev–Trinajstić information content (AvgIpc) is 2.37. The summed E-state index contributed by atoms with van der Waals surface area (Å²) in [5, 5.41) is 3.03. The second-order valence-electron chi connectivity index (χ2n) is 6.12. The molecule has 0 radical (unpaired) electrons. The Morgan fingerprint density at radius 2 is 2.00 bits per heavy atom. The van der Waals surface area contributed by atoms with Crippen molar-refractivity contribution in [2.45, 2.75) is 39.0 Å². The van der Waals surface area contributed by atoms with Gasteiger partial charge in [0.1, 0.15) is 0 Å². The lowest BCUT2D eigenvalue weighted by Crippen LogP contribution is -2.32. The van der Waals surface area contributed by atoms with E-state index in [1.54, 1.807) is 11.8 Å². The lowest BCUT2D eigenvalue weighted by Gasteiger charge is -2.24. The minimum atomic E-state index is -0.144. The van der Waals surface area contributed by atoms with Gasteiger partial charge in [-0.25, -0.2) is 0 Å². The van der Waals surface area contributed by atoms with Gasteiger partial charge < -0.3 is 11.1 Å². The van der Waals surface area contributed by atoms with Crippen molar-refractivity contribution in [2.75, 3.05) is 17.6 Å². The number of hydrogen-bond acceptors (Lipinski definition) is 3. The predicted molar refractivity (Wildman–Crippen MR) is 88.1 cm³/mol. The van der Waals surface area contributed by atoms with Gasteiger partial charge in [0, 0.05) is 11.4 Å². The molecule has 0 aliphatic rings. The normalized spacial score (nSPS) is 13.1. The molecule has 0 aliphatic heterocycles. The van der Waals surface area contributed by atoms with Crippen molar-refractivity contribution < 1.29 is 4.79 Å². The molecule has 0 heterocycles. The summed E-state index contributed by atoms with van der Waals surface area (Å²) < 4.78 is 0. The minimum Gasteiger partial charge on any atom is -0.330 e. The highest BCUT2D eigenvalue weighted by molar-refractivity contribution is 7.99. The number of nitrogens with one attached hydrogen (secondary N) is 1. The zero-order valence-electron chi connectivity index (χ0n) is 12.9. The molecule has 0 bridgehead atoms. The highest BCUT2D eigenvalue weighted by atomic mass is 32.2. The number of benzene rings is 1. The maximum Gasteiger partial charge on any atom is 0.228 e. The maximum absolute atomic E-state index is 12.4. The van der Waals surface area contributed by atoms with Crippen LogP contribution in [0.2, 0.25) is 0 Å². The van der Waals surface area contributed by atoms with E-state index in [9.17, 15) is 4.79 Å². The van der Waals surface area contributed by atoms with E-state index in [0.29, 0.717) is 6.54 Å². The summed E-state index contributed by atoms with van der Waals surface area (Å²) in [4.78, 5) is 13.5. The van der Waals surface area contributed by atoms with Crippen LogP contribution in [0.5, 0.6) is 0 Å². The highest BCUT2D eigenvalue weighted by Crippen LogP contribution is 2.29. The van der Waals surface area contributed by atoms with Crippen LogP contribution in [0.4, 0.5) is 5.69 Å². The number of rotatable bonds is 6. The van der Waals surface area contributed by atoms with Gasteiger partial charge in [0.2, 0.25) is 5.91 Å². The zero-order chi connectivity index (χ0) is 15.2. The molecule has 1 amide bonds. The van der Waals surface area contributed by atoms with E-state index in [4.69, 9.17) is 5.73 Å². The van der Waals surface area contributed by atoms with Crippen LogP contribution in [0, 0.1) is 11.3 Å². The van der Waals surface area contributed by atoms with E-state index in [2.05, 4.69) is 33.0 Å². The number of thioether (sulfide) groups is 1. The molecule has 20 heavy (non-hydrogen) atoms. The summed E-state index contributed by atoms with van der Waals surface area (Å²) in [7, 11) is 0. The van der Waals surface area contributed by atoms with E-state index in [1.165, 1.54) is 0 Å². The third-order valence-corrected chi connectivity index (χ3v) is 3.91. The smallest absolute Gasteiger partial charge is 0.228 e. The van der Waals surface area contributed by atoms with Crippen molar-refractivity contribution in [2.24, 2.45) is 17.1 Å². The topological polar surface area (TPSA) is 55.1 Å². The largest absolute Gasteiger partial charge is 0.330 e. The van der Waals surface area contributed by atoms with Gasteiger partial charge in [-0.3, -0.25) is 4.79 Å². The first kappa shape index (κ1) is 17.1. The third-order valence-electron chi connectivity index (χ3n) is 2.96. The number of nitrogens with two attached hydrogens (primary N) is 1. The number of carbonyl (C=O) groups excluding carboxylic acids is 1. The molecule has 0 saturated carbocycles. The first-order valence-electron chi connectivity index (χ1n) is 7.10.